The molecule has 7 heteroatoms. The Balaban J connectivity index is 2.37. The van der Waals surface area contributed by atoms with Gasteiger partial charge in [0.2, 0.25) is 11.1 Å². The Kier molecular flexibility index (Phi) is 4.00. The SMILES string of the molecule is CC(C)c1ccc2oc3nc(CC(=O)O)c(C(=O)O)cc3c(=O)c2c1. The average molecular weight is 341 g/mol. The average Bonchev–Trinajstić information content (AvgIpc) is 2.53. The van der Waals surface area contributed by atoms with Gasteiger partial charge in [0.05, 0.1) is 28.5 Å². The Morgan fingerprint density at radius 3 is 2.48 bits per heavy atom. The van der Waals surface area contributed by atoms with E-state index < -0.39 is 23.8 Å². The molecule has 0 radical (unpaired) electrons. The van der Waals surface area contributed by atoms with Gasteiger partial charge in [0.25, 0.3) is 0 Å². The van der Waals surface area contributed by atoms with Gasteiger partial charge in [-0.25, -0.2) is 9.78 Å². The molecule has 0 spiro atoms. The van der Waals surface area contributed by atoms with E-state index in [1.54, 1.807) is 12.1 Å². The Bertz CT molecular complexity index is 1080. The summed E-state index contributed by atoms with van der Waals surface area (Å²) in [5, 5.41) is 18.6. The quantitative estimate of drug-likeness (QED) is 0.700. The summed E-state index contributed by atoms with van der Waals surface area (Å²) in [6.07, 6.45) is -0.578. The fourth-order valence-electron chi connectivity index (χ4n) is 2.66. The molecule has 0 aliphatic rings. The van der Waals surface area contributed by atoms with E-state index in [-0.39, 0.29) is 28.3 Å². The van der Waals surface area contributed by atoms with Crippen LogP contribution in [0, 0.1) is 0 Å². The lowest BCUT2D eigenvalue weighted by atomic mass is 10.0. The van der Waals surface area contributed by atoms with Crippen molar-refractivity contribution < 1.29 is 24.2 Å². The first-order valence-corrected chi connectivity index (χ1v) is 7.63. The molecule has 0 fully saturated rings. The van der Waals surface area contributed by atoms with Crippen LogP contribution in [0.2, 0.25) is 0 Å². The summed E-state index contributed by atoms with van der Waals surface area (Å²) < 4.78 is 5.62. The number of aromatic carboxylic acids is 1. The van der Waals surface area contributed by atoms with Gasteiger partial charge in [0.1, 0.15) is 5.58 Å². The molecule has 1 aromatic carbocycles. The summed E-state index contributed by atoms with van der Waals surface area (Å²) in [6, 6.07) is 6.36. The second kappa shape index (κ2) is 6.01. The topological polar surface area (TPSA) is 118 Å². The van der Waals surface area contributed by atoms with Gasteiger partial charge in [-0.3, -0.25) is 9.59 Å². The number of carboxylic acids is 2. The lowest BCUT2D eigenvalue weighted by Gasteiger charge is -2.08. The number of aromatic nitrogens is 1. The summed E-state index contributed by atoms with van der Waals surface area (Å²) in [5.74, 6) is -2.36. The Morgan fingerprint density at radius 2 is 1.88 bits per heavy atom. The molecule has 25 heavy (non-hydrogen) atoms. The van der Waals surface area contributed by atoms with Gasteiger partial charge in [0, 0.05) is 0 Å². The van der Waals surface area contributed by atoms with Crippen LogP contribution in [0.25, 0.3) is 22.1 Å². The van der Waals surface area contributed by atoms with E-state index in [0.29, 0.717) is 11.0 Å². The second-order valence-electron chi connectivity index (χ2n) is 6.05. The highest BCUT2D eigenvalue weighted by atomic mass is 16.4. The molecule has 3 aromatic rings. The first-order valence-electron chi connectivity index (χ1n) is 7.63. The molecule has 128 valence electrons. The lowest BCUT2D eigenvalue weighted by Crippen LogP contribution is -2.13. The predicted octanol–water partition coefficient (Wildman–Crippen LogP) is 2.79. The molecule has 0 aliphatic heterocycles. The molecular formula is C18H15NO6. The molecule has 0 bridgehead atoms. The van der Waals surface area contributed by atoms with Crippen molar-refractivity contribution in [3.8, 4) is 0 Å². The Labute approximate surface area is 141 Å². The summed E-state index contributed by atoms with van der Waals surface area (Å²) in [4.78, 5) is 39.1. The van der Waals surface area contributed by atoms with E-state index in [1.165, 1.54) is 0 Å². The zero-order valence-electron chi connectivity index (χ0n) is 13.6. The first-order chi connectivity index (χ1) is 11.8. The minimum atomic E-state index is -1.35. The van der Waals surface area contributed by atoms with Gasteiger partial charge < -0.3 is 14.6 Å². The van der Waals surface area contributed by atoms with Crippen molar-refractivity contribution in [3.05, 3.63) is 51.3 Å². The van der Waals surface area contributed by atoms with Crippen molar-refractivity contribution in [2.75, 3.05) is 0 Å². The Morgan fingerprint density at radius 1 is 1.16 bits per heavy atom. The molecule has 0 saturated heterocycles. The van der Waals surface area contributed by atoms with E-state index in [0.717, 1.165) is 11.6 Å². The number of carbonyl (C=O) groups is 2. The number of benzene rings is 1. The lowest BCUT2D eigenvalue weighted by molar-refractivity contribution is -0.136. The van der Waals surface area contributed by atoms with Crippen LogP contribution in [-0.2, 0) is 11.2 Å². The summed E-state index contributed by atoms with van der Waals surface area (Å²) in [6.45, 7) is 3.98. The molecule has 2 heterocycles. The largest absolute Gasteiger partial charge is 0.481 e. The van der Waals surface area contributed by atoms with Gasteiger partial charge in [-0.05, 0) is 29.7 Å². The third-order valence-electron chi connectivity index (χ3n) is 3.98. The molecule has 7 nitrogen and oxygen atoms in total. The maximum atomic E-state index is 12.8. The van der Waals surface area contributed by atoms with Crippen molar-refractivity contribution in [1.29, 1.82) is 0 Å². The highest BCUT2D eigenvalue weighted by Gasteiger charge is 2.19. The zero-order valence-corrected chi connectivity index (χ0v) is 13.6. The van der Waals surface area contributed by atoms with Crippen molar-refractivity contribution in [1.82, 2.24) is 4.98 Å². The van der Waals surface area contributed by atoms with E-state index in [2.05, 4.69) is 4.98 Å². The second-order valence-corrected chi connectivity index (χ2v) is 6.05. The summed E-state index contributed by atoms with van der Waals surface area (Å²) in [5.41, 5.74) is 0.328. The van der Waals surface area contributed by atoms with Crippen LogP contribution in [-0.4, -0.2) is 27.1 Å². The van der Waals surface area contributed by atoms with Crippen molar-refractivity contribution in [2.24, 2.45) is 0 Å². The molecule has 0 saturated carbocycles. The number of rotatable bonds is 4. The van der Waals surface area contributed by atoms with E-state index >= 15 is 0 Å². The third-order valence-corrected chi connectivity index (χ3v) is 3.98. The zero-order chi connectivity index (χ0) is 18.3. The van der Waals surface area contributed by atoms with Gasteiger partial charge >= 0.3 is 11.9 Å². The van der Waals surface area contributed by atoms with E-state index in [9.17, 15) is 19.5 Å². The number of aliphatic carboxylic acids is 1. The number of pyridine rings is 1. The van der Waals surface area contributed by atoms with Crippen molar-refractivity contribution in [2.45, 2.75) is 26.2 Å². The first kappa shape index (κ1) is 16.6. The minimum Gasteiger partial charge on any atom is -0.481 e. The Hall–Kier alpha value is -3.22. The van der Waals surface area contributed by atoms with Gasteiger partial charge in [-0.1, -0.05) is 19.9 Å². The normalized spacial score (nSPS) is 11.3. The predicted molar refractivity (Wildman–Crippen MR) is 90.2 cm³/mol. The van der Waals surface area contributed by atoms with Crippen LogP contribution in [0.1, 0.15) is 41.4 Å². The molecule has 2 aromatic heterocycles. The third kappa shape index (κ3) is 2.96. The van der Waals surface area contributed by atoms with Gasteiger partial charge in [-0.2, -0.15) is 0 Å². The number of fused-ring (bicyclic) bond motifs is 2. The van der Waals surface area contributed by atoms with E-state index in [4.69, 9.17) is 9.52 Å². The van der Waals surface area contributed by atoms with Crippen molar-refractivity contribution >= 4 is 34.0 Å². The summed E-state index contributed by atoms with van der Waals surface area (Å²) >= 11 is 0. The highest BCUT2D eigenvalue weighted by molar-refractivity contribution is 5.96. The maximum Gasteiger partial charge on any atom is 0.337 e. The van der Waals surface area contributed by atoms with Crippen LogP contribution in [0.3, 0.4) is 0 Å². The molecule has 0 amide bonds. The fraction of sp³-hybridized carbons (Fsp3) is 0.222. The number of hydrogen-bond acceptors (Lipinski definition) is 5. The van der Waals surface area contributed by atoms with Crippen LogP contribution in [0.4, 0.5) is 0 Å². The molecule has 2 N–H and O–H groups in total. The van der Waals surface area contributed by atoms with E-state index in [1.807, 2.05) is 19.9 Å². The van der Waals surface area contributed by atoms with Crippen molar-refractivity contribution in [3.63, 3.8) is 0 Å². The summed E-state index contributed by atoms with van der Waals surface area (Å²) in [7, 11) is 0. The van der Waals surface area contributed by atoms with Crippen LogP contribution < -0.4 is 5.43 Å². The number of carboxylic acid groups (broad SMARTS) is 2. The van der Waals surface area contributed by atoms with Crippen LogP contribution in [0.15, 0.2) is 33.5 Å². The highest BCUT2D eigenvalue weighted by Crippen LogP contribution is 2.23. The molecular weight excluding hydrogens is 326 g/mol. The maximum absolute atomic E-state index is 12.8. The smallest absolute Gasteiger partial charge is 0.337 e. The van der Waals surface area contributed by atoms with Gasteiger partial charge in [0.15, 0.2) is 0 Å². The minimum absolute atomic E-state index is 0.0138. The standard InChI is InChI=1S/C18H15NO6/c1-8(2)9-3-4-14-11(5-9)16(22)12-6-10(18(23)24)13(7-15(20)21)19-17(12)25-14/h3-6,8H,7H2,1-2H3,(H,20,21)(H,23,24). The number of nitrogens with zero attached hydrogens (tertiary/aromatic N) is 1. The van der Waals surface area contributed by atoms with Gasteiger partial charge in [-0.15, -0.1) is 0 Å². The molecule has 0 aliphatic carbocycles. The molecule has 0 atom stereocenters. The monoisotopic (exact) mass is 341 g/mol. The van der Waals surface area contributed by atoms with Crippen LogP contribution >= 0.6 is 0 Å². The molecule has 3 rings (SSSR count). The fourth-order valence-corrected chi connectivity index (χ4v) is 2.66. The van der Waals surface area contributed by atoms with Crippen LogP contribution in [0.5, 0.6) is 0 Å². The number of hydrogen-bond donors (Lipinski definition) is 2. The molecule has 0 unspecified atom stereocenters.